The summed E-state index contributed by atoms with van der Waals surface area (Å²) in [7, 11) is 0. The lowest BCUT2D eigenvalue weighted by Gasteiger charge is -2.65. The van der Waals surface area contributed by atoms with Gasteiger partial charge in [-0.3, -0.25) is 0 Å². The highest BCUT2D eigenvalue weighted by atomic mass is 16.7. The molecule has 5 saturated carbocycles. The number of hydrogen-bond donors (Lipinski definition) is 10. The minimum atomic E-state index is -1.58. The number of ether oxygens (including phenoxy) is 5. The lowest BCUT2D eigenvalue weighted by atomic mass is 9.41. The summed E-state index contributed by atoms with van der Waals surface area (Å²) in [6.07, 6.45) is -9.61. The first-order chi connectivity index (χ1) is 26.5. The van der Waals surface area contributed by atoms with E-state index in [0.717, 1.165) is 25.7 Å². The van der Waals surface area contributed by atoms with Crippen LogP contribution < -0.4 is 0 Å². The molecule has 2 spiro atoms. The molecule has 5 aliphatic carbocycles. The number of rotatable bonds is 8. The highest BCUT2D eigenvalue weighted by Crippen LogP contribution is 2.89. The van der Waals surface area contributed by atoms with Crippen LogP contribution in [0.4, 0.5) is 0 Å². The van der Waals surface area contributed by atoms with Gasteiger partial charge in [-0.25, -0.2) is 0 Å². The highest BCUT2D eigenvalue weighted by Gasteiger charge is 2.85. The molecule has 15 nitrogen and oxygen atoms in total. The molecule has 0 bridgehead atoms. The zero-order valence-corrected chi connectivity index (χ0v) is 34.6. The second-order valence-corrected chi connectivity index (χ2v) is 21.5. The summed E-state index contributed by atoms with van der Waals surface area (Å²) in [5, 5.41) is 107. The first kappa shape index (κ1) is 43.1. The van der Waals surface area contributed by atoms with Gasteiger partial charge in [0, 0.05) is 5.92 Å². The maximum atomic E-state index is 12.3. The predicted molar refractivity (Wildman–Crippen MR) is 200 cm³/mol. The molecule has 3 heterocycles. The molecule has 0 aromatic carbocycles. The van der Waals surface area contributed by atoms with E-state index in [4.69, 9.17) is 23.7 Å². The maximum Gasteiger partial charge on any atom is 0.187 e. The van der Waals surface area contributed by atoms with E-state index < -0.39 is 116 Å². The van der Waals surface area contributed by atoms with Crippen molar-refractivity contribution < 1.29 is 74.7 Å². The molecule has 328 valence electrons. The third-order valence-electron chi connectivity index (χ3n) is 18.2. The van der Waals surface area contributed by atoms with E-state index in [1.807, 2.05) is 13.8 Å². The minimum absolute atomic E-state index is 0.0333. The smallest absolute Gasteiger partial charge is 0.187 e. The van der Waals surface area contributed by atoms with Gasteiger partial charge < -0.3 is 74.7 Å². The summed E-state index contributed by atoms with van der Waals surface area (Å²) in [6, 6.07) is 0. The lowest BCUT2D eigenvalue weighted by molar-refractivity contribution is -0.335. The van der Waals surface area contributed by atoms with Gasteiger partial charge in [0.25, 0.3) is 0 Å². The molecular weight excluding hydrogens is 744 g/mol. The van der Waals surface area contributed by atoms with Crippen LogP contribution in [-0.2, 0) is 23.7 Å². The van der Waals surface area contributed by atoms with Crippen molar-refractivity contribution in [1.29, 1.82) is 0 Å². The van der Waals surface area contributed by atoms with Crippen LogP contribution in [-0.4, -0.2) is 161 Å². The molecule has 8 fully saturated rings. The molecule has 22 atom stereocenters. The Morgan fingerprint density at radius 3 is 1.86 bits per heavy atom. The zero-order valence-electron chi connectivity index (χ0n) is 34.6. The van der Waals surface area contributed by atoms with E-state index in [9.17, 15) is 51.1 Å². The second kappa shape index (κ2) is 14.0. The molecule has 8 rings (SSSR count). The van der Waals surface area contributed by atoms with E-state index >= 15 is 0 Å². The molecule has 0 aromatic heterocycles. The van der Waals surface area contributed by atoms with Gasteiger partial charge in [0.1, 0.15) is 48.8 Å². The standard InChI is InChI=1S/C42H70O15/c1-36(2)24(46)8-11-42-18-41(42)13-12-38(5)32(40(7)10-9-25(56-40)37(3,4)57-35-31(52)29(50)27(48)22(17-44)55-35)19(45)15-39(38,6)23(41)14-20(33(36)42)53-34-30(51)28(49)26(47)21(16-43)54-34/h19-35,43-52H,8-18H2,1-7H3. The molecule has 0 aromatic rings. The monoisotopic (exact) mass is 814 g/mol. The van der Waals surface area contributed by atoms with E-state index in [-0.39, 0.29) is 39.4 Å². The number of aliphatic hydroxyl groups is 10. The Labute approximate surface area is 335 Å². The van der Waals surface area contributed by atoms with Crippen LogP contribution in [0, 0.1) is 44.8 Å². The van der Waals surface area contributed by atoms with Crippen molar-refractivity contribution in [2.45, 2.75) is 203 Å². The van der Waals surface area contributed by atoms with Gasteiger partial charge in [-0.1, -0.05) is 27.7 Å². The predicted octanol–water partition coefficient (Wildman–Crippen LogP) is 0.0850. The average Bonchev–Trinajstić information content (AvgIpc) is 3.52. The second-order valence-electron chi connectivity index (χ2n) is 21.5. The Morgan fingerprint density at radius 2 is 1.25 bits per heavy atom. The van der Waals surface area contributed by atoms with Gasteiger partial charge in [-0.2, -0.15) is 0 Å². The first-order valence-corrected chi connectivity index (χ1v) is 21.5. The Hall–Kier alpha value is -0.600. The Balaban J connectivity index is 1.07. The molecule has 0 amide bonds. The summed E-state index contributed by atoms with van der Waals surface area (Å²) < 4.78 is 31.7. The number of fused-ring (bicyclic) bond motifs is 2. The van der Waals surface area contributed by atoms with Crippen molar-refractivity contribution in [3.05, 3.63) is 0 Å². The van der Waals surface area contributed by atoms with Gasteiger partial charge in [-0.05, 0) is 117 Å². The van der Waals surface area contributed by atoms with E-state index in [1.165, 1.54) is 0 Å². The van der Waals surface area contributed by atoms with Crippen LogP contribution in [0.2, 0.25) is 0 Å². The summed E-state index contributed by atoms with van der Waals surface area (Å²) in [6.45, 7) is 13.4. The van der Waals surface area contributed by atoms with Crippen molar-refractivity contribution in [1.82, 2.24) is 0 Å². The molecule has 22 unspecified atom stereocenters. The molecule has 0 radical (unpaired) electrons. The normalized spacial score (nSPS) is 58.4. The molecule has 15 heteroatoms. The highest BCUT2D eigenvalue weighted by molar-refractivity contribution is 5.33. The van der Waals surface area contributed by atoms with Crippen LogP contribution in [0.1, 0.15) is 106 Å². The summed E-state index contributed by atoms with van der Waals surface area (Å²) in [4.78, 5) is 0. The number of hydrogen-bond acceptors (Lipinski definition) is 15. The zero-order chi connectivity index (χ0) is 41.6. The first-order valence-electron chi connectivity index (χ1n) is 21.5. The van der Waals surface area contributed by atoms with Crippen LogP contribution in [0.25, 0.3) is 0 Å². The van der Waals surface area contributed by atoms with Gasteiger partial charge in [0.15, 0.2) is 12.6 Å². The fourth-order valence-electron chi connectivity index (χ4n) is 15.1. The van der Waals surface area contributed by atoms with Crippen molar-refractivity contribution >= 4 is 0 Å². The average molecular weight is 815 g/mol. The Bertz CT molecular complexity index is 1510. The maximum absolute atomic E-state index is 12.3. The third kappa shape index (κ3) is 5.92. The van der Waals surface area contributed by atoms with Crippen molar-refractivity contribution in [3.8, 4) is 0 Å². The third-order valence-corrected chi connectivity index (χ3v) is 18.2. The van der Waals surface area contributed by atoms with Crippen LogP contribution in [0.15, 0.2) is 0 Å². The topological polar surface area (TPSA) is 248 Å². The lowest BCUT2D eigenvalue weighted by Crippen LogP contribution is -2.64. The largest absolute Gasteiger partial charge is 0.394 e. The quantitative estimate of drug-likeness (QED) is 0.146. The fraction of sp³-hybridized carbons (Fsp3) is 1.00. The van der Waals surface area contributed by atoms with Gasteiger partial charge in [-0.15, -0.1) is 0 Å². The Kier molecular flexibility index (Phi) is 10.5. The van der Waals surface area contributed by atoms with Crippen LogP contribution >= 0.6 is 0 Å². The summed E-state index contributed by atoms with van der Waals surface area (Å²) in [5.41, 5.74) is -3.23. The minimum Gasteiger partial charge on any atom is -0.394 e. The molecule has 8 aliphatic rings. The summed E-state index contributed by atoms with van der Waals surface area (Å²) >= 11 is 0. The fourth-order valence-corrected chi connectivity index (χ4v) is 15.1. The SMILES string of the molecule is CC(C)(OC1OC(CO)C(O)C(O)C1O)C1CCC(C)(C2C(O)CC3(C)C4CC(OC5OC(CO)C(O)C(O)C5O)C5C(C)(C)C(O)CCC56CC46CCC23C)O1. The molecule has 57 heavy (non-hydrogen) atoms. The van der Waals surface area contributed by atoms with E-state index in [2.05, 4.69) is 34.6 Å². The molecule has 3 aliphatic heterocycles. The van der Waals surface area contributed by atoms with Crippen molar-refractivity contribution in [3.63, 3.8) is 0 Å². The Morgan fingerprint density at radius 1 is 0.649 bits per heavy atom. The molecule has 3 saturated heterocycles. The van der Waals surface area contributed by atoms with Gasteiger partial charge in [0.2, 0.25) is 0 Å². The van der Waals surface area contributed by atoms with E-state index in [0.29, 0.717) is 32.1 Å². The van der Waals surface area contributed by atoms with Gasteiger partial charge >= 0.3 is 0 Å². The van der Waals surface area contributed by atoms with Gasteiger partial charge in [0.05, 0.1) is 48.8 Å². The van der Waals surface area contributed by atoms with Crippen LogP contribution in [0.5, 0.6) is 0 Å². The van der Waals surface area contributed by atoms with Crippen molar-refractivity contribution in [2.75, 3.05) is 13.2 Å². The summed E-state index contributed by atoms with van der Waals surface area (Å²) in [5.74, 6) is -0.232. The van der Waals surface area contributed by atoms with Crippen LogP contribution in [0.3, 0.4) is 0 Å². The van der Waals surface area contributed by atoms with E-state index in [1.54, 1.807) is 0 Å². The molecule has 10 N–H and O–H groups in total. The molecular formula is C42H70O15. The number of aliphatic hydroxyl groups excluding tert-OH is 10. The van der Waals surface area contributed by atoms with Crippen molar-refractivity contribution in [2.24, 2.45) is 44.8 Å².